The van der Waals surface area contributed by atoms with Crippen molar-refractivity contribution in [3.05, 3.63) is 0 Å². The monoisotopic (exact) mass is 242 g/mol. The van der Waals surface area contributed by atoms with E-state index < -0.39 is 0 Å². The molecule has 0 saturated carbocycles. The molecule has 1 heteroatoms. The molecule has 0 saturated heterocycles. The van der Waals surface area contributed by atoms with Gasteiger partial charge in [0, 0.05) is 0 Å². The van der Waals surface area contributed by atoms with Crippen LogP contribution in [-0.4, -0.2) is 11.2 Å². The van der Waals surface area contributed by atoms with Crippen LogP contribution in [0.15, 0.2) is 0 Å². The first-order chi connectivity index (χ1) is 8.26. The lowest BCUT2D eigenvalue weighted by molar-refractivity contribution is 0.0836. The SMILES string of the molecule is CCCCCCC(O)C(CCCC)CCCC. The summed E-state index contributed by atoms with van der Waals surface area (Å²) >= 11 is 0. The van der Waals surface area contributed by atoms with E-state index in [9.17, 15) is 5.11 Å². The number of rotatable bonds is 12. The van der Waals surface area contributed by atoms with Crippen molar-refractivity contribution < 1.29 is 5.11 Å². The number of aliphatic hydroxyl groups excluding tert-OH is 1. The Morgan fingerprint density at radius 1 is 0.647 bits per heavy atom. The summed E-state index contributed by atoms with van der Waals surface area (Å²) in [4.78, 5) is 0. The first kappa shape index (κ1) is 17.0. The summed E-state index contributed by atoms with van der Waals surface area (Å²) in [6.45, 7) is 6.72. The fourth-order valence-corrected chi connectivity index (χ4v) is 2.48. The van der Waals surface area contributed by atoms with Gasteiger partial charge >= 0.3 is 0 Å². The first-order valence-corrected chi connectivity index (χ1v) is 7.94. The zero-order valence-electron chi connectivity index (χ0n) is 12.4. The molecule has 0 bridgehead atoms. The highest BCUT2D eigenvalue weighted by Gasteiger charge is 2.17. The minimum atomic E-state index is -0.0371. The summed E-state index contributed by atoms with van der Waals surface area (Å²) in [5, 5.41) is 10.3. The van der Waals surface area contributed by atoms with E-state index in [0.29, 0.717) is 5.92 Å². The summed E-state index contributed by atoms with van der Waals surface area (Å²) in [5.74, 6) is 0.566. The van der Waals surface area contributed by atoms with Crippen molar-refractivity contribution in [3.63, 3.8) is 0 Å². The quantitative estimate of drug-likeness (QED) is 0.460. The smallest absolute Gasteiger partial charge is 0.0568 e. The average molecular weight is 242 g/mol. The largest absolute Gasteiger partial charge is 0.393 e. The Hall–Kier alpha value is -0.0400. The number of aliphatic hydroxyl groups is 1. The lowest BCUT2D eigenvalue weighted by Crippen LogP contribution is -2.20. The van der Waals surface area contributed by atoms with Gasteiger partial charge in [0.05, 0.1) is 6.10 Å². The highest BCUT2D eigenvalue weighted by Crippen LogP contribution is 2.23. The Morgan fingerprint density at radius 2 is 1.18 bits per heavy atom. The van der Waals surface area contributed by atoms with E-state index in [1.165, 1.54) is 64.2 Å². The third-order valence-electron chi connectivity index (χ3n) is 3.75. The van der Waals surface area contributed by atoms with Crippen LogP contribution >= 0.6 is 0 Å². The number of hydrogen-bond acceptors (Lipinski definition) is 1. The summed E-state index contributed by atoms with van der Waals surface area (Å²) in [6.07, 6.45) is 13.6. The fraction of sp³-hybridized carbons (Fsp3) is 1.00. The van der Waals surface area contributed by atoms with Gasteiger partial charge in [0.2, 0.25) is 0 Å². The second-order valence-electron chi connectivity index (χ2n) is 5.46. The summed E-state index contributed by atoms with van der Waals surface area (Å²) in [6, 6.07) is 0. The Balaban J connectivity index is 3.80. The van der Waals surface area contributed by atoms with Gasteiger partial charge in [-0.15, -0.1) is 0 Å². The molecule has 0 aliphatic heterocycles. The standard InChI is InChI=1S/C16H34O/c1-4-7-10-11-14-16(17)15(12-8-5-2)13-9-6-3/h15-17H,4-14H2,1-3H3. The highest BCUT2D eigenvalue weighted by atomic mass is 16.3. The van der Waals surface area contributed by atoms with Crippen molar-refractivity contribution >= 4 is 0 Å². The molecule has 0 heterocycles. The molecule has 0 aliphatic carbocycles. The molecular weight excluding hydrogens is 208 g/mol. The second kappa shape index (κ2) is 12.4. The maximum atomic E-state index is 10.3. The molecule has 17 heavy (non-hydrogen) atoms. The first-order valence-electron chi connectivity index (χ1n) is 7.94. The Bertz CT molecular complexity index is 136. The summed E-state index contributed by atoms with van der Waals surface area (Å²) in [5.41, 5.74) is 0. The molecule has 0 rings (SSSR count). The van der Waals surface area contributed by atoms with Crippen LogP contribution in [0.1, 0.15) is 91.4 Å². The van der Waals surface area contributed by atoms with Crippen molar-refractivity contribution in [2.24, 2.45) is 5.92 Å². The van der Waals surface area contributed by atoms with E-state index in [2.05, 4.69) is 20.8 Å². The molecule has 1 atom stereocenters. The molecule has 0 fully saturated rings. The van der Waals surface area contributed by atoms with E-state index in [0.717, 1.165) is 6.42 Å². The number of hydrogen-bond donors (Lipinski definition) is 1. The van der Waals surface area contributed by atoms with E-state index in [1.807, 2.05) is 0 Å². The van der Waals surface area contributed by atoms with Crippen LogP contribution in [0, 0.1) is 5.92 Å². The van der Waals surface area contributed by atoms with Crippen molar-refractivity contribution in [2.45, 2.75) is 97.5 Å². The van der Waals surface area contributed by atoms with Crippen LogP contribution in [0.25, 0.3) is 0 Å². The highest BCUT2D eigenvalue weighted by molar-refractivity contribution is 4.69. The van der Waals surface area contributed by atoms with Gasteiger partial charge in [-0.05, 0) is 25.2 Å². The third-order valence-corrected chi connectivity index (χ3v) is 3.75. The van der Waals surface area contributed by atoms with Crippen LogP contribution in [0.3, 0.4) is 0 Å². The molecule has 104 valence electrons. The Morgan fingerprint density at radius 3 is 1.65 bits per heavy atom. The minimum Gasteiger partial charge on any atom is -0.393 e. The maximum Gasteiger partial charge on any atom is 0.0568 e. The normalized spacial score (nSPS) is 13.2. The molecule has 0 aliphatic rings. The number of unbranched alkanes of at least 4 members (excludes halogenated alkanes) is 5. The lowest BCUT2D eigenvalue weighted by Gasteiger charge is -2.22. The van der Waals surface area contributed by atoms with E-state index >= 15 is 0 Å². The van der Waals surface area contributed by atoms with E-state index in [-0.39, 0.29) is 6.10 Å². The van der Waals surface area contributed by atoms with Crippen LogP contribution in [0.5, 0.6) is 0 Å². The van der Waals surface area contributed by atoms with Gasteiger partial charge in [0.15, 0.2) is 0 Å². The van der Waals surface area contributed by atoms with Gasteiger partial charge in [-0.1, -0.05) is 72.1 Å². The van der Waals surface area contributed by atoms with E-state index in [4.69, 9.17) is 0 Å². The fourth-order valence-electron chi connectivity index (χ4n) is 2.48. The average Bonchev–Trinajstić information content (AvgIpc) is 2.34. The molecule has 0 spiro atoms. The molecule has 0 amide bonds. The third kappa shape index (κ3) is 9.64. The van der Waals surface area contributed by atoms with Crippen molar-refractivity contribution in [3.8, 4) is 0 Å². The minimum absolute atomic E-state index is 0.0371. The Labute approximate surface area is 109 Å². The predicted molar refractivity (Wildman–Crippen MR) is 77.3 cm³/mol. The molecular formula is C16H34O. The molecule has 0 aromatic heterocycles. The predicted octanol–water partition coefficient (Wildman–Crippen LogP) is 5.31. The Kier molecular flexibility index (Phi) is 12.4. The molecule has 0 aromatic rings. The van der Waals surface area contributed by atoms with Gasteiger partial charge < -0.3 is 5.11 Å². The van der Waals surface area contributed by atoms with Crippen LogP contribution in [-0.2, 0) is 0 Å². The molecule has 0 aromatic carbocycles. The van der Waals surface area contributed by atoms with Crippen LogP contribution < -0.4 is 0 Å². The summed E-state index contributed by atoms with van der Waals surface area (Å²) in [7, 11) is 0. The van der Waals surface area contributed by atoms with Gasteiger partial charge in [0.25, 0.3) is 0 Å². The topological polar surface area (TPSA) is 20.2 Å². The van der Waals surface area contributed by atoms with Gasteiger partial charge in [-0.3, -0.25) is 0 Å². The van der Waals surface area contributed by atoms with E-state index in [1.54, 1.807) is 0 Å². The second-order valence-corrected chi connectivity index (χ2v) is 5.46. The van der Waals surface area contributed by atoms with Crippen molar-refractivity contribution in [1.29, 1.82) is 0 Å². The lowest BCUT2D eigenvalue weighted by atomic mass is 9.88. The molecule has 0 radical (unpaired) electrons. The summed E-state index contributed by atoms with van der Waals surface area (Å²) < 4.78 is 0. The zero-order valence-corrected chi connectivity index (χ0v) is 12.4. The zero-order chi connectivity index (χ0) is 12.9. The van der Waals surface area contributed by atoms with Crippen molar-refractivity contribution in [1.82, 2.24) is 0 Å². The van der Waals surface area contributed by atoms with Crippen molar-refractivity contribution in [2.75, 3.05) is 0 Å². The van der Waals surface area contributed by atoms with Gasteiger partial charge in [-0.25, -0.2) is 0 Å². The molecule has 1 nitrogen and oxygen atoms in total. The van der Waals surface area contributed by atoms with Gasteiger partial charge in [0.1, 0.15) is 0 Å². The molecule has 1 N–H and O–H groups in total. The van der Waals surface area contributed by atoms with Crippen LogP contribution in [0.4, 0.5) is 0 Å². The van der Waals surface area contributed by atoms with Gasteiger partial charge in [-0.2, -0.15) is 0 Å². The van der Waals surface area contributed by atoms with Crippen LogP contribution in [0.2, 0.25) is 0 Å². The molecule has 1 unspecified atom stereocenters. The maximum absolute atomic E-state index is 10.3.